The van der Waals surface area contributed by atoms with E-state index < -0.39 is 10.0 Å². The lowest BCUT2D eigenvalue weighted by Gasteiger charge is -2.38. The monoisotopic (exact) mass is 296 g/mol. The minimum Gasteiger partial charge on any atom is -0.316 e. The first-order valence-corrected chi connectivity index (χ1v) is 8.66. The van der Waals surface area contributed by atoms with Gasteiger partial charge in [-0.15, -0.1) is 0 Å². The third-order valence-electron chi connectivity index (χ3n) is 4.13. The predicted molar refractivity (Wildman–Crippen MR) is 81.2 cm³/mol. The van der Waals surface area contributed by atoms with E-state index in [9.17, 15) is 8.42 Å². The van der Waals surface area contributed by atoms with E-state index in [4.69, 9.17) is 0 Å². The fourth-order valence-corrected chi connectivity index (χ4v) is 4.70. The van der Waals surface area contributed by atoms with Crippen LogP contribution >= 0.6 is 0 Å². The minimum absolute atomic E-state index is 0.0410. The molecule has 112 valence electrons. The number of likely N-dealkylation sites (N-methyl/N-ethyl adjacent to an activating group) is 1. The van der Waals surface area contributed by atoms with Crippen molar-refractivity contribution in [1.29, 1.82) is 0 Å². The lowest BCUT2D eigenvalue weighted by Crippen LogP contribution is -2.52. The van der Waals surface area contributed by atoms with Crippen LogP contribution in [-0.4, -0.2) is 38.4 Å². The molecule has 0 bridgehead atoms. The maximum absolute atomic E-state index is 12.9. The zero-order valence-corrected chi connectivity index (χ0v) is 13.3. The molecule has 0 saturated carbocycles. The highest BCUT2D eigenvalue weighted by molar-refractivity contribution is 7.89. The van der Waals surface area contributed by atoms with Crippen LogP contribution in [0.25, 0.3) is 0 Å². The van der Waals surface area contributed by atoms with Gasteiger partial charge in [-0.3, -0.25) is 0 Å². The van der Waals surface area contributed by atoms with Crippen molar-refractivity contribution < 1.29 is 8.42 Å². The second-order valence-electron chi connectivity index (χ2n) is 5.57. The van der Waals surface area contributed by atoms with Crippen LogP contribution in [0.15, 0.2) is 29.2 Å². The van der Waals surface area contributed by atoms with Crippen LogP contribution in [0, 0.1) is 6.92 Å². The van der Waals surface area contributed by atoms with E-state index in [1.165, 1.54) is 0 Å². The van der Waals surface area contributed by atoms with E-state index in [2.05, 4.69) is 12.2 Å². The molecule has 20 heavy (non-hydrogen) atoms. The third kappa shape index (κ3) is 3.05. The van der Waals surface area contributed by atoms with E-state index in [0.717, 1.165) is 24.8 Å². The van der Waals surface area contributed by atoms with Gasteiger partial charge in [0.25, 0.3) is 0 Å². The summed E-state index contributed by atoms with van der Waals surface area (Å²) >= 11 is 0. The molecule has 1 aliphatic heterocycles. The second kappa shape index (κ2) is 6.24. The summed E-state index contributed by atoms with van der Waals surface area (Å²) < 4.78 is 27.4. The van der Waals surface area contributed by atoms with E-state index in [0.29, 0.717) is 11.4 Å². The highest BCUT2D eigenvalue weighted by Gasteiger charge is 2.35. The fourth-order valence-electron chi connectivity index (χ4n) is 2.83. The van der Waals surface area contributed by atoms with Gasteiger partial charge in [0.2, 0.25) is 10.0 Å². The molecule has 2 unspecified atom stereocenters. The smallest absolute Gasteiger partial charge is 0.243 e. The van der Waals surface area contributed by atoms with Crippen LogP contribution in [0.1, 0.15) is 31.7 Å². The zero-order chi connectivity index (χ0) is 14.8. The van der Waals surface area contributed by atoms with Crippen molar-refractivity contribution in [3.05, 3.63) is 29.8 Å². The van der Waals surface area contributed by atoms with E-state index in [1.54, 1.807) is 16.4 Å². The average molecular weight is 296 g/mol. The molecule has 2 atom stereocenters. The number of nitrogens with one attached hydrogen (secondary N) is 1. The van der Waals surface area contributed by atoms with Crippen molar-refractivity contribution in [1.82, 2.24) is 9.62 Å². The number of benzene rings is 1. The normalized spacial score (nSPS) is 22.6. The Kier molecular flexibility index (Phi) is 4.83. The molecule has 2 rings (SSSR count). The number of aryl methyl sites for hydroxylation is 1. The summed E-state index contributed by atoms with van der Waals surface area (Å²) in [7, 11) is -1.51. The number of sulfonamides is 1. The summed E-state index contributed by atoms with van der Waals surface area (Å²) in [6, 6.07) is 7.38. The number of hydrogen-bond donors (Lipinski definition) is 1. The van der Waals surface area contributed by atoms with Gasteiger partial charge in [0.05, 0.1) is 4.90 Å². The standard InChI is InChI=1S/C15H24N2O2S/c1-12-7-6-8-14(11-12)20(18,19)17-10-5-4-9-15(17)13(2)16-3/h6-8,11,13,15-16H,4-5,9-10H2,1-3H3. The molecule has 0 aliphatic carbocycles. The maximum atomic E-state index is 12.9. The Morgan fingerprint density at radius 1 is 1.35 bits per heavy atom. The molecule has 1 aromatic carbocycles. The summed E-state index contributed by atoms with van der Waals surface area (Å²) in [5, 5.41) is 3.19. The van der Waals surface area contributed by atoms with Crippen LogP contribution < -0.4 is 5.32 Å². The maximum Gasteiger partial charge on any atom is 0.243 e. The van der Waals surface area contributed by atoms with E-state index in [-0.39, 0.29) is 12.1 Å². The Hall–Kier alpha value is -0.910. The molecule has 5 heteroatoms. The van der Waals surface area contributed by atoms with Crippen LogP contribution in [0.2, 0.25) is 0 Å². The number of hydrogen-bond acceptors (Lipinski definition) is 3. The molecule has 0 amide bonds. The second-order valence-corrected chi connectivity index (χ2v) is 7.46. The third-order valence-corrected chi connectivity index (χ3v) is 6.05. The first-order chi connectivity index (χ1) is 9.46. The number of rotatable bonds is 4. The SMILES string of the molecule is CNC(C)C1CCCCN1S(=O)(=O)c1cccc(C)c1. The molecule has 1 N–H and O–H groups in total. The number of piperidine rings is 1. The molecule has 1 aliphatic rings. The quantitative estimate of drug-likeness (QED) is 0.926. The lowest BCUT2D eigenvalue weighted by molar-refractivity contribution is 0.213. The van der Waals surface area contributed by atoms with Gasteiger partial charge >= 0.3 is 0 Å². The first kappa shape index (κ1) is 15.5. The van der Waals surface area contributed by atoms with Gasteiger partial charge in [-0.2, -0.15) is 4.31 Å². The van der Waals surface area contributed by atoms with Crippen molar-refractivity contribution in [2.45, 2.75) is 50.1 Å². The van der Waals surface area contributed by atoms with Gasteiger partial charge in [-0.25, -0.2) is 8.42 Å². The summed E-state index contributed by atoms with van der Waals surface area (Å²) in [4.78, 5) is 0.410. The lowest BCUT2D eigenvalue weighted by atomic mass is 9.99. The number of nitrogens with zero attached hydrogens (tertiary/aromatic N) is 1. The molecule has 1 fully saturated rings. The summed E-state index contributed by atoms with van der Waals surface area (Å²) in [6.07, 6.45) is 2.96. The van der Waals surface area contributed by atoms with Crippen molar-refractivity contribution in [3.8, 4) is 0 Å². The van der Waals surface area contributed by atoms with Gasteiger partial charge in [-0.05, 0) is 51.4 Å². The van der Waals surface area contributed by atoms with E-state index >= 15 is 0 Å². The minimum atomic E-state index is -3.40. The Balaban J connectivity index is 2.35. The molecule has 4 nitrogen and oxygen atoms in total. The summed E-state index contributed by atoms with van der Waals surface area (Å²) in [6.45, 7) is 4.59. The molecule has 1 aromatic rings. The van der Waals surface area contributed by atoms with Crippen molar-refractivity contribution in [3.63, 3.8) is 0 Å². The molecule has 1 heterocycles. The van der Waals surface area contributed by atoms with Crippen molar-refractivity contribution in [2.24, 2.45) is 0 Å². The highest BCUT2D eigenvalue weighted by Crippen LogP contribution is 2.27. The Morgan fingerprint density at radius 2 is 2.10 bits per heavy atom. The Bertz CT molecular complexity index is 557. The highest BCUT2D eigenvalue weighted by atomic mass is 32.2. The molecule has 0 radical (unpaired) electrons. The predicted octanol–water partition coefficient (Wildman–Crippen LogP) is 2.15. The summed E-state index contributed by atoms with van der Waals surface area (Å²) in [5.74, 6) is 0. The summed E-state index contributed by atoms with van der Waals surface area (Å²) in [5.41, 5.74) is 0.973. The van der Waals surface area contributed by atoms with Gasteiger partial charge in [0.1, 0.15) is 0 Å². The van der Waals surface area contributed by atoms with Crippen LogP contribution in [0.4, 0.5) is 0 Å². The molecule has 0 spiro atoms. The van der Waals surface area contributed by atoms with E-state index in [1.807, 2.05) is 26.1 Å². The fraction of sp³-hybridized carbons (Fsp3) is 0.600. The average Bonchev–Trinajstić information content (AvgIpc) is 2.46. The zero-order valence-electron chi connectivity index (χ0n) is 12.5. The molecular formula is C15H24N2O2S. The molecule has 1 saturated heterocycles. The Labute approximate surface area is 122 Å². The topological polar surface area (TPSA) is 49.4 Å². The largest absolute Gasteiger partial charge is 0.316 e. The van der Waals surface area contributed by atoms with Crippen molar-refractivity contribution in [2.75, 3.05) is 13.6 Å². The van der Waals surface area contributed by atoms with Gasteiger partial charge in [-0.1, -0.05) is 18.6 Å². The Morgan fingerprint density at radius 3 is 2.75 bits per heavy atom. The van der Waals surface area contributed by atoms with Crippen LogP contribution in [0.5, 0.6) is 0 Å². The van der Waals surface area contributed by atoms with Gasteiger partial charge in [0.15, 0.2) is 0 Å². The van der Waals surface area contributed by atoms with Crippen LogP contribution in [-0.2, 0) is 10.0 Å². The molecule has 0 aromatic heterocycles. The molecular weight excluding hydrogens is 272 g/mol. The van der Waals surface area contributed by atoms with Crippen molar-refractivity contribution >= 4 is 10.0 Å². The van der Waals surface area contributed by atoms with Gasteiger partial charge in [0, 0.05) is 18.6 Å². The first-order valence-electron chi connectivity index (χ1n) is 7.22. The van der Waals surface area contributed by atoms with Gasteiger partial charge < -0.3 is 5.32 Å². The van der Waals surface area contributed by atoms with Crippen LogP contribution in [0.3, 0.4) is 0 Å².